The van der Waals surface area contributed by atoms with Gasteiger partial charge < -0.3 is 11.1 Å². The second kappa shape index (κ2) is 5.58. The topological polar surface area (TPSA) is 98.3 Å². The molecule has 0 bridgehead atoms. The standard InChI is InChI=1S/C14H12FN3O3/c1-8-2-3-9(15)6-13(8)17-14(19)11-7-10(18(20)21)4-5-12(11)16/h2-7H,16H2,1H3,(H,17,19). The maximum Gasteiger partial charge on any atom is 0.270 e. The zero-order valence-corrected chi connectivity index (χ0v) is 11.1. The zero-order valence-electron chi connectivity index (χ0n) is 11.1. The van der Waals surface area contributed by atoms with Gasteiger partial charge in [-0.2, -0.15) is 0 Å². The number of nitrogens with zero attached hydrogens (tertiary/aromatic N) is 1. The monoisotopic (exact) mass is 289 g/mol. The number of hydrogen-bond donors (Lipinski definition) is 2. The fraction of sp³-hybridized carbons (Fsp3) is 0.0714. The van der Waals surface area contributed by atoms with Gasteiger partial charge in [0.1, 0.15) is 5.82 Å². The number of nitro groups is 1. The van der Waals surface area contributed by atoms with Crippen LogP contribution in [0.1, 0.15) is 15.9 Å². The van der Waals surface area contributed by atoms with Gasteiger partial charge in [0.2, 0.25) is 0 Å². The lowest BCUT2D eigenvalue weighted by Gasteiger charge is -2.10. The highest BCUT2D eigenvalue weighted by atomic mass is 19.1. The van der Waals surface area contributed by atoms with Crippen molar-refractivity contribution in [3.05, 3.63) is 63.5 Å². The lowest BCUT2D eigenvalue weighted by Crippen LogP contribution is -2.15. The van der Waals surface area contributed by atoms with Crippen LogP contribution in [-0.2, 0) is 0 Å². The Labute approximate surface area is 119 Å². The van der Waals surface area contributed by atoms with Gasteiger partial charge in [0.25, 0.3) is 11.6 Å². The van der Waals surface area contributed by atoms with Crippen LogP contribution in [0.3, 0.4) is 0 Å². The van der Waals surface area contributed by atoms with Crippen LogP contribution in [0.25, 0.3) is 0 Å². The Kier molecular flexibility index (Phi) is 3.84. The summed E-state index contributed by atoms with van der Waals surface area (Å²) in [6.45, 7) is 1.70. The van der Waals surface area contributed by atoms with Crippen LogP contribution in [0.4, 0.5) is 21.5 Å². The largest absolute Gasteiger partial charge is 0.398 e. The summed E-state index contributed by atoms with van der Waals surface area (Å²) in [5.74, 6) is -1.13. The number of nitrogens with two attached hydrogens (primary N) is 1. The molecular formula is C14H12FN3O3. The third-order valence-electron chi connectivity index (χ3n) is 2.94. The molecular weight excluding hydrogens is 277 g/mol. The highest BCUT2D eigenvalue weighted by molar-refractivity contribution is 6.08. The van der Waals surface area contributed by atoms with Gasteiger partial charge in [-0.05, 0) is 30.7 Å². The predicted molar refractivity (Wildman–Crippen MR) is 76.6 cm³/mol. The van der Waals surface area contributed by atoms with Crippen molar-refractivity contribution >= 4 is 23.0 Å². The molecule has 0 spiro atoms. The van der Waals surface area contributed by atoms with Crippen LogP contribution >= 0.6 is 0 Å². The molecule has 2 rings (SSSR count). The number of nitrogens with one attached hydrogen (secondary N) is 1. The fourth-order valence-electron chi connectivity index (χ4n) is 1.77. The average molecular weight is 289 g/mol. The van der Waals surface area contributed by atoms with Gasteiger partial charge >= 0.3 is 0 Å². The molecule has 7 heteroatoms. The van der Waals surface area contributed by atoms with Crippen LogP contribution in [0.5, 0.6) is 0 Å². The maximum absolute atomic E-state index is 13.2. The summed E-state index contributed by atoms with van der Waals surface area (Å²) in [5, 5.41) is 13.2. The van der Waals surface area contributed by atoms with E-state index in [0.717, 1.165) is 6.07 Å². The smallest absolute Gasteiger partial charge is 0.270 e. The number of anilines is 2. The molecule has 0 saturated heterocycles. The first kappa shape index (κ1) is 14.4. The molecule has 0 heterocycles. The molecule has 0 aliphatic rings. The van der Waals surface area contributed by atoms with Crippen molar-refractivity contribution in [2.75, 3.05) is 11.1 Å². The summed E-state index contributed by atoms with van der Waals surface area (Å²) >= 11 is 0. The number of aryl methyl sites for hydroxylation is 1. The van der Waals surface area contributed by atoms with E-state index in [4.69, 9.17) is 5.73 Å². The maximum atomic E-state index is 13.2. The molecule has 0 aliphatic heterocycles. The van der Waals surface area contributed by atoms with Crippen molar-refractivity contribution < 1.29 is 14.1 Å². The first-order valence-corrected chi connectivity index (χ1v) is 6.00. The van der Waals surface area contributed by atoms with Crippen molar-refractivity contribution in [3.8, 4) is 0 Å². The average Bonchev–Trinajstić information content (AvgIpc) is 2.43. The van der Waals surface area contributed by atoms with E-state index in [1.165, 1.54) is 30.3 Å². The van der Waals surface area contributed by atoms with Crippen LogP contribution in [-0.4, -0.2) is 10.8 Å². The Morgan fingerprint density at radius 1 is 1.29 bits per heavy atom. The number of rotatable bonds is 3. The second-order valence-corrected chi connectivity index (χ2v) is 4.44. The lowest BCUT2D eigenvalue weighted by atomic mass is 10.1. The normalized spacial score (nSPS) is 10.2. The molecule has 2 aromatic carbocycles. The highest BCUT2D eigenvalue weighted by Crippen LogP contribution is 2.22. The summed E-state index contributed by atoms with van der Waals surface area (Å²) in [4.78, 5) is 22.2. The van der Waals surface area contributed by atoms with Gasteiger partial charge in [-0.1, -0.05) is 6.07 Å². The third-order valence-corrected chi connectivity index (χ3v) is 2.94. The summed E-state index contributed by atoms with van der Waals surface area (Å²) in [5.41, 5.74) is 6.42. The molecule has 0 fully saturated rings. The van der Waals surface area contributed by atoms with Crippen molar-refractivity contribution in [3.63, 3.8) is 0 Å². The number of nitro benzene ring substituents is 1. The zero-order chi connectivity index (χ0) is 15.6. The number of nitrogen functional groups attached to an aromatic ring is 1. The SMILES string of the molecule is Cc1ccc(F)cc1NC(=O)c1cc([N+](=O)[O-])ccc1N. The van der Waals surface area contributed by atoms with Crippen molar-refractivity contribution in [2.24, 2.45) is 0 Å². The van der Waals surface area contributed by atoms with E-state index >= 15 is 0 Å². The van der Waals surface area contributed by atoms with Crippen LogP contribution in [0, 0.1) is 22.9 Å². The molecule has 108 valence electrons. The van der Waals surface area contributed by atoms with Crippen LogP contribution < -0.4 is 11.1 Å². The first-order chi connectivity index (χ1) is 9.88. The molecule has 21 heavy (non-hydrogen) atoms. The van der Waals surface area contributed by atoms with E-state index in [1.807, 2.05) is 0 Å². The van der Waals surface area contributed by atoms with Gasteiger partial charge in [-0.3, -0.25) is 14.9 Å². The van der Waals surface area contributed by atoms with E-state index in [1.54, 1.807) is 6.92 Å². The number of hydrogen-bond acceptors (Lipinski definition) is 4. The summed E-state index contributed by atoms with van der Waals surface area (Å²) in [6.07, 6.45) is 0. The molecule has 0 radical (unpaired) electrons. The summed E-state index contributed by atoms with van der Waals surface area (Å²) in [7, 11) is 0. The van der Waals surface area contributed by atoms with Gasteiger partial charge in [0, 0.05) is 23.5 Å². The Balaban J connectivity index is 2.34. The third kappa shape index (κ3) is 3.14. The lowest BCUT2D eigenvalue weighted by molar-refractivity contribution is -0.384. The summed E-state index contributed by atoms with van der Waals surface area (Å²) in [6, 6.07) is 7.53. The quantitative estimate of drug-likeness (QED) is 0.515. The number of amides is 1. The second-order valence-electron chi connectivity index (χ2n) is 4.44. The Hall–Kier alpha value is -2.96. The Morgan fingerprint density at radius 3 is 2.67 bits per heavy atom. The fourth-order valence-corrected chi connectivity index (χ4v) is 1.77. The highest BCUT2D eigenvalue weighted by Gasteiger charge is 2.16. The minimum atomic E-state index is -0.634. The number of carbonyl (C=O) groups is 1. The van der Waals surface area contributed by atoms with E-state index in [0.29, 0.717) is 5.56 Å². The molecule has 0 aliphatic carbocycles. The molecule has 1 amide bonds. The van der Waals surface area contributed by atoms with Gasteiger partial charge in [0.15, 0.2) is 0 Å². The molecule has 2 aromatic rings. The minimum absolute atomic E-state index is 0.0344. The molecule has 6 nitrogen and oxygen atoms in total. The number of halogens is 1. The van der Waals surface area contributed by atoms with Crippen molar-refractivity contribution in [2.45, 2.75) is 6.92 Å². The van der Waals surface area contributed by atoms with Crippen molar-refractivity contribution in [1.29, 1.82) is 0 Å². The van der Waals surface area contributed by atoms with E-state index in [-0.39, 0.29) is 22.6 Å². The van der Waals surface area contributed by atoms with Gasteiger partial charge in [-0.15, -0.1) is 0 Å². The predicted octanol–water partition coefficient (Wildman–Crippen LogP) is 2.88. The molecule has 0 atom stereocenters. The number of non-ortho nitro benzene ring substituents is 1. The van der Waals surface area contributed by atoms with E-state index in [9.17, 15) is 19.3 Å². The van der Waals surface area contributed by atoms with E-state index < -0.39 is 16.6 Å². The van der Waals surface area contributed by atoms with Gasteiger partial charge in [-0.25, -0.2) is 4.39 Å². The van der Waals surface area contributed by atoms with Crippen LogP contribution in [0.15, 0.2) is 36.4 Å². The minimum Gasteiger partial charge on any atom is -0.398 e. The summed E-state index contributed by atoms with van der Waals surface area (Å²) < 4.78 is 13.2. The molecule has 0 saturated carbocycles. The first-order valence-electron chi connectivity index (χ1n) is 6.00. The molecule has 3 N–H and O–H groups in total. The van der Waals surface area contributed by atoms with E-state index in [2.05, 4.69) is 5.32 Å². The Morgan fingerprint density at radius 2 is 2.00 bits per heavy atom. The molecule has 0 aromatic heterocycles. The van der Waals surface area contributed by atoms with Crippen LogP contribution in [0.2, 0.25) is 0 Å². The number of carbonyl (C=O) groups excluding carboxylic acids is 1. The Bertz CT molecular complexity index is 731. The molecule has 0 unspecified atom stereocenters. The van der Waals surface area contributed by atoms with Gasteiger partial charge in [0.05, 0.1) is 10.5 Å². The van der Waals surface area contributed by atoms with Crippen molar-refractivity contribution in [1.82, 2.24) is 0 Å². The number of benzene rings is 2.